The Bertz CT molecular complexity index is 3020. The summed E-state index contributed by atoms with van der Waals surface area (Å²) in [5.41, 5.74) is 10.4. The molecule has 3 aromatic carbocycles. The van der Waals surface area contributed by atoms with Crippen LogP contribution in [0.4, 0.5) is 21.1 Å². The lowest BCUT2D eigenvalue weighted by Gasteiger charge is -2.30. The van der Waals surface area contributed by atoms with Crippen molar-refractivity contribution in [1.29, 1.82) is 5.41 Å². The maximum atomic E-state index is 15.3. The van der Waals surface area contributed by atoms with Gasteiger partial charge in [-0.3, -0.25) is 30.3 Å². The van der Waals surface area contributed by atoms with Gasteiger partial charge >= 0.3 is 12.1 Å². The number of aryl methyl sites for hydroxylation is 3. The number of urea groups is 1. The van der Waals surface area contributed by atoms with Gasteiger partial charge in [0.2, 0.25) is 0 Å². The fourth-order valence-electron chi connectivity index (χ4n) is 10.0. The first-order valence-corrected chi connectivity index (χ1v) is 21.7. The Kier molecular flexibility index (Phi) is 9.73. The number of amidine groups is 1. The summed E-state index contributed by atoms with van der Waals surface area (Å²) in [7, 11) is 0. The van der Waals surface area contributed by atoms with Crippen LogP contribution in [0.5, 0.6) is 0 Å². The highest BCUT2D eigenvalue weighted by atomic mass is 16.4. The van der Waals surface area contributed by atoms with E-state index in [1.54, 1.807) is 27.2 Å². The van der Waals surface area contributed by atoms with Gasteiger partial charge in [0.05, 0.1) is 24.3 Å². The van der Waals surface area contributed by atoms with Crippen molar-refractivity contribution in [3.05, 3.63) is 137 Å². The first kappa shape index (κ1) is 40.5. The van der Waals surface area contributed by atoms with E-state index in [0.29, 0.717) is 44.0 Å². The third kappa shape index (κ3) is 6.61. The predicted molar refractivity (Wildman–Crippen MR) is 245 cm³/mol. The summed E-state index contributed by atoms with van der Waals surface area (Å²) in [5.74, 6) is 0.0806. The monoisotopic (exact) mass is 855 g/mol. The van der Waals surface area contributed by atoms with Gasteiger partial charge in [-0.1, -0.05) is 26.0 Å². The maximum Gasteiger partial charge on any atom is 0.410 e. The van der Waals surface area contributed by atoms with E-state index < -0.39 is 11.6 Å². The molecule has 4 amide bonds. The van der Waals surface area contributed by atoms with Gasteiger partial charge in [-0.05, 0) is 128 Å². The number of carboxylic acid groups (broad SMARTS) is 1. The number of rotatable bonds is 9. The molecule has 2 atom stereocenters. The Hall–Kier alpha value is -7.55. The molecule has 2 fully saturated rings. The number of carbonyl (C=O) groups excluding carboxylic acids is 2. The van der Waals surface area contributed by atoms with E-state index in [0.717, 1.165) is 79.2 Å². The van der Waals surface area contributed by atoms with Crippen molar-refractivity contribution in [2.75, 3.05) is 29.4 Å². The van der Waals surface area contributed by atoms with E-state index in [1.165, 1.54) is 0 Å². The number of benzene rings is 3. The Morgan fingerprint density at radius 2 is 1.64 bits per heavy atom. The van der Waals surface area contributed by atoms with E-state index >= 15 is 4.79 Å². The standard InChI is InChI=1S/C49H49N11O4/c1-6-40-32(5)38(13-15-52-40)33-7-12-42-34(24-33)25-43(59(42)49(26-31(49)4)46(50)53-47(62)63)45(61)55-17-14-41-39(27-55)44(60(54-41)37-22-29(2)21-30(3)23-37)58-20-19-57(48(58)64)36-10-8-35(9-11-36)56-18-16-51-28-56/h7-13,15-16,18,21-25,28,31H,6,14,17,19-20,26-27H2,1-5H3,(H2,50,53)(H,62,63)/t31-,49-/m0/s1. The third-order valence-corrected chi connectivity index (χ3v) is 13.3. The summed E-state index contributed by atoms with van der Waals surface area (Å²) in [5, 5.41) is 27.1. The summed E-state index contributed by atoms with van der Waals surface area (Å²) >= 11 is 0. The van der Waals surface area contributed by atoms with Gasteiger partial charge in [0.25, 0.3) is 5.91 Å². The third-order valence-electron chi connectivity index (χ3n) is 13.3. The van der Waals surface area contributed by atoms with E-state index in [9.17, 15) is 14.7 Å². The Labute approximate surface area is 370 Å². The molecule has 1 saturated carbocycles. The summed E-state index contributed by atoms with van der Waals surface area (Å²) in [6.07, 6.45) is 7.56. The summed E-state index contributed by atoms with van der Waals surface area (Å²) in [6.45, 7) is 11.6. The van der Waals surface area contributed by atoms with E-state index in [4.69, 9.17) is 10.5 Å². The van der Waals surface area contributed by atoms with Gasteiger partial charge in [-0.15, -0.1) is 0 Å². The predicted octanol–water partition coefficient (Wildman–Crippen LogP) is 8.19. The molecule has 0 unspecified atom stereocenters. The van der Waals surface area contributed by atoms with Gasteiger partial charge < -0.3 is 19.1 Å². The van der Waals surface area contributed by atoms with Gasteiger partial charge in [-0.25, -0.2) is 19.3 Å². The first-order valence-electron chi connectivity index (χ1n) is 21.7. The molecule has 1 saturated heterocycles. The zero-order valence-corrected chi connectivity index (χ0v) is 36.5. The largest absolute Gasteiger partial charge is 0.465 e. The number of pyridine rings is 1. The Morgan fingerprint density at radius 3 is 2.33 bits per heavy atom. The van der Waals surface area contributed by atoms with Crippen LogP contribution in [-0.4, -0.2) is 82.4 Å². The molecule has 15 nitrogen and oxygen atoms in total. The highest BCUT2D eigenvalue weighted by Crippen LogP contribution is 2.53. The molecule has 2 aliphatic heterocycles. The van der Waals surface area contributed by atoms with Crippen molar-refractivity contribution in [1.82, 2.24) is 39.1 Å². The number of carbonyl (C=O) groups is 3. The number of anilines is 2. The van der Waals surface area contributed by atoms with Crippen LogP contribution in [0.25, 0.3) is 33.4 Å². The van der Waals surface area contributed by atoms with Crippen LogP contribution >= 0.6 is 0 Å². The van der Waals surface area contributed by atoms with Crippen LogP contribution in [0.1, 0.15) is 64.4 Å². The minimum absolute atomic E-state index is 0.120. The molecular weight excluding hydrogens is 807 g/mol. The smallest absolute Gasteiger partial charge is 0.410 e. The van der Waals surface area contributed by atoms with Crippen molar-refractivity contribution in [2.24, 2.45) is 5.92 Å². The molecule has 0 bridgehead atoms. The van der Waals surface area contributed by atoms with Crippen LogP contribution in [0.2, 0.25) is 0 Å². The average Bonchev–Trinajstić information content (AvgIpc) is 3.83. The number of nitrogens with zero attached hydrogens (tertiary/aromatic N) is 9. The molecular formula is C49H49N11O4. The SMILES string of the molecule is CCc1nccc(-c2ccc3c(c2)cc(C(=O)N2CCc4nn(-c5cc(C)cc(C)c5)c(N5CCN(c6ccc(-n7ccnc7)cc6)C5=O)c4C2)n3[C@@]2(C(=N)NC(=O)O)C[C@@H]2C)c1C. The van der Waals surface area contributed by atoms with Gasteiger partial charge in [0.15, 0.2) is 0 Å². The quantitative estimate of drug-likeness (QED) is 0.0971. The Balaban J connectivity index is 1.05. The van der Waals surface area contributed by atoms with Crippen LogP contribution < -0.4 is 15.1 Å². The van der Waals surface area contributed by atoms with E-state index in [1.807, 2.05) is 95.5 Å². The minimum Gasteiger partial charge on any atom is -0.465 e. The van der Waals surface area contributed by atoms with Crippen LogP contribution in [0, 0.1) is 32.1 Å². The molecule has 7 aromatic rings. The Morgan fingerprint density at radius 1 is 0.906 bits per heavy atom. The topological polar surface area (TPSA) is 170 Å². The number of hydrogen-bond donors (Lipinski definition) is 3. The number of amides is 4. The zero-order chi connectivity index (χ0) is 44.6. The number of nitrogens with one attached hydrogen (secondary N) is 2. The number of hydrogen-bond acceptors (Lipinski definition) is 7. The molecule has 324 valence electrons. The van der Waals surface area contributed by atoms with Crippen molar-refractivity contribution >= 4 is 46.3 Å². The molecule has 0 radical (unpaired) electrons. The van der Waals surface area contributed by atoms with Crippen LogP contribution in [-0.2, 0) is 24.9 Å². The van der Waals surface area contributed by atoms with Crippen LogP contribution in [0.15, 0.2) is 97.7 Å². The summed E-state index contributed by atoms with van der Waals surface area (Å²) in [4.78, 5) is 56.0. The average molecular weight is 856 g/mol. The lowest BCUT2D eigenvalue weighted by atomic mass is 9.98. The van der Waals surface area contributed by atoms with E-state index in [2.05, 4.69) is 53.4 Å². The van der Waals surface area contributed by atoms with Gasteiger partial charge in [0, 0.05) is 78.2 Å². The molecule has 15 heteroatoms. The van der Waals surface area contributed by atoms with Crippen molar-refractivity contribution in [2.45, 2.75) is 66.0 Å². The second-order valence-corrected chi connectivity index (χ2v) is 17.3. The summed E-state index contributed by atoms with van der Waals surface area (Å²) < 4.78 is 5.67. The summed E-state index contributed by atoms with van der Waals surface area (Å²) in [6, 6.07) is 23.8. The highest BCUT2D eigenvalue weighted by molar-refractivity contribution is 6.07. The highest BCUT2D eigenvalue weighted by Gasteiger charge is 2.59. The second kappa shape index (κ2) is 15.4. The molecule has 4 aromatic heterocycles. The fraction of sp³-hybridized carbons (Fsp3) is 0.286. The molecule has 0 spiro atoms. The van der Waals surface area contributed by atoms with Crippen molar-refractivity contribution in [3.8, 4) is 22.5 Å². The molecule has 6 heterocycles. The fourth-order valence-corrected chi connectivity index (χ4v) is 10.0. The molecule has 1 aliphatic carbocycles. The number of imidazole rings is 1. The molecule has 3 aliphatic rings. The number of aromatic nitrogens is 6. The molecule has 3 N–H and O–H groups in total. The zero-order valence-electron chi connectivity index (χ0n) is 36.5. The van der Waals surface area contributed by atoms with E-state index in [-0.39, 0.29) is 30.2 Å². The molecule has 64 heavy (non-hydrogen) atoms. The number of fused-ring (bicyclic) bond motifs is 2. The maximum absolute atomic E-state index is 15.3. The lowest BCUT2D eigenvalue weighted by Crippen LogP contribution is -2.44. The van der Waals surface area contributed by atoms with Crippen molar-refractivity contribution < 1.29 is 19.5 Å². The molecule has 10 rings (SSSR count). The van der Waals surface area contributed by atoms with Gasteiger partial charge in [-0.2, -0.15) is 5.10 Å². The minimum atomic E-state index is -1.33. The van der Waals surface area contributed by atoms with Crippen LogP contribution in [0.3, 0.4) is 0 Å². The van der Waals surface area contributed by atoms with Gasteiger partial charge in [0.1, 0.15) is 22.9 Å². The lowest BCUT2D eigenvalue weighted by molar-refractivity contribution is 0.0722. The van der Waals surface area contributed by atoms with Crippen molar-refractivity contribution in [3.63, 3.8) is 0 Å². The normalized spacial score (nSPS) is 18.2. The first-order chi connectivity index (χ1) is 30.9. The second-order valence-electron chi connectivity index (χ2n) is 17.3.